The minimum Gasteiger partial charge on any atom is -0.439 e. The Hall–Kier alpha value is -1.87. The van der Waals surface area contributed by atoms with Gasteiger partial charge in [-0.25, -0.2) is 4.98 Å². The van der Waals surface area contributed by atoms with Gasteiger partial charge in [0.1, 0.15) is 5.75 Å². The van der Waals surface area contributed by atoms with Gasteiger partial charge in [0.2, 0.25) is 5.88 Å². The molecule has 2 N–H and O–H groups in total. The van der Waals surface area contributed by atoms with Crippen molar-refractivity contribution in [2.75, 3.05) is 0 Å². The lowest BCUT2D eigenvalue weighted by Crippen LogP contribution is -1.98. The minimum atomic E-state index is 0.478. The molecule has 0 aliphatic carbocycles. The number of hydrogen-bond acceptors (Lipinski definition) is 3. The Kier molecular flexibility index (Phi) is 4.17. The maximum absolute atomic E-state index is 5.88. The normalized spacial score (nSPS) is 10.8. The zero-order chi connectivity index (χ0) is 13.8. The van der Waals surface area contributed by atoms with E-state index in [9.17, 15) is 0 Å². The van der Waals surface area contributed by atoms with Crippen LogP contribution in [0.2, 0.25) is 0 Å². The average molecular weight is 256 g/mol. The largest absolute Gasteiger partial charge is 0.439 e. The van der Waals surface area contributed by atoms with Crippen molar-refractivity contribution in [1.82, 2.24) is 4.98 Å². The van der Waals surface area contributed by atoms with Crippen molar-refractivity contribution in [3.8, 4) is 11.6 Å². The molecule has 0 spiro atoms. The maximum atomic E-state index is 5.88. The Morgan fingerprint density at radius 3 is 2.68 bits per heavy atom. The van der Waals surface area contributed by atoms with E-state index in [0.29, 0.717) is 18.3 Å². The van der Waals surface area contributed by atoms with E-state index in [1.54, 1.807) is 6.20 Å². The summed E-state index contributed by atoms with van der Waals surface area (Å²) in [5, 5.41) is 0. The summed E-state index contributed by atoms with van der Waals surface area (Å²) in [5.41, 5.74) is 9.00. The van der Waals surface area contributed by atoms with Crippen LogP contribution in [0.5, 0.6) is 11.6 Å². The van der Waals surface area contributed by atoms with Crippen LogP contribution >= 0.6 is 0 Å². The number of rotatable bonds is 4. The zero-order valence-corrected chi connectivity index (χ0v) is 11.7. The molecule has 0 radical (unpaired) electrons. The number of aromatic nitrogens is 1. The molecule has 19 heavy (non-hydrogen) atoms. The topological polar surface area (TPSA) is 48.1 Å². The number of aryl methyl sites for hydroxylation is 1. The van der Waals surface area contributed by atoms with Crippen LogP contribution in [0.3, 0.4) is 0 Å². The van der Waals surface area contributed by atoms with Crippen molar-refractivity contribution in [3.63, 3.8) is 0 Å². The highest BCUT2D eigenvalue weighted by Gasteiger charge is 2.07. The van der Waals surface area contributed by atoms with Gasteiger partial charge in [-0.2, -0.15) is 0 Å². The fourth-order valence-electron chi connectivity index (χ4n) is 1.83. The number of pyridine rings is 1. The summed E-state index contributed by atoms with van der Waals surface area (Å²) in [6, 6.07) is 10.1. The van der Waals surface area contributed by atoms with Crippen molar-refractivity contribution in [3.05, 3.63) is 53.2 Å². The third kappa shape index (κ3) is 3.32. The van der Waals surface area contributed by atoms with Crippen LogP contribution in [-0.4, -0.2) is 4.98 Å². The molecule has 3 nitrogen and oxygen atoms in total. The van der Waals surface area contributed by atoms with Gasteiger partial charge < -0.3 is 10.5 Å². The first-order valence-electron chi connectivity index (χ1n) is 6.53. The second-order valence-electron chi connectivity index (χ2n) is 4.99. The Bertz CT molecular complexity index is 564. The Morgan fingerprint density at radius 2 is 2.00 bits per heavy atom. The van der Waals surface area contributed by atoms with Gasteiger partial charge in [-0.05, 0) is 41.7 Å². The summed E-state index contributed by atoms with van der Waals surface area (Å²) in [6.45, 7) is 6.86. The van der Waals surface area contributed by atoms with Gasteiger partial charge in [0, 0.05) is 18.8 Å². The molecule has 0 aliphatic rings. The predicted molar refractivity (Wildman–Crippen MR) is 77.5 cm³/mol. The molecular weight excluding hydrogens is 236 g/mol. The number of ether oxygens (including phenoxy) is 1. The highest BCUT2D eigenvalue weighted by molar-refractivity contribution is 5.40. The van der Waals surface area contributed by atoms with Gasteiger partial charge in [0.05, 0.1) is 0 Å². The third-order valence-electron chi connectivity index (χ3n) is 3.13. The van der Waals surface area contributed by atoms with Crippen LogP contribution in [0, 0.1) is 6.92 Å². The van der Waals surface area contributed by atoms with Crippen LogP contribution in [0.25, 0.3) is 0 Å². The van der Waals surface area contributed by atoms with E-state index in [-0.39, 0.29) is 0 Å². The van der Waals surface area contributed by atoms with Crippen molar-refractivity contribution >= 4 is 0 Å². The van der Waals surface area contributed by atoms with Gasteiger partial charge in [0.15, 0.2) is 0 Å². The van der Waals surface area contributed by atoms with Gasteiger partial charge >= 0.3 is 0 Å². The van der Waals surface area contributed by atoms with E-state index in [2.05, 4.69) is 37.0 Å². The van der Waals surface area contributed by atoms with Crippen LogP contribution in [0.4, 0.5) is 0 Å². The second-order valence-corrected chi connectivity index (χ2v) is 4.99. The van der Waals surface area contributed by atoms with E-state index in [1.807, 2.05) is 19.1 Å². The first-order chi connectivity index (χ1) is 9.10. The third-order valence-corrected chi connectivity index (χ3v) is 3.13. The van der Waals surface area contributed by atoms with Crippen LogP contribution in [-0.2, 0) is 6.54 Å². The predicted octanol–water partition coefficient (Wildman–Crippen LogP) is 3.76. The number of nitrogens with two attached hydrogens (primary N) is 1. The Labute approximate surface area is 114 Å². The molecule has 0 saturated heterocycles. The zero-order valence-electron chi connectivity index (χ0n) is 11.7. The SMILES string of the molecule is Cc1ccc(C(C)C)cc1Oc1cc(CN)ccn1. The van der Waals surface area contributed by atoms with E-state index in [4.69, 9.17) is 10.5 Å². The molecule has 0 aliphatic heterocycles. The van der Waals surface area contributed by atoms with Crippen LogP contribution < -0.4 is 10.5 Å². The molecule has 1 heterocycles. The molecule has 0 fully saturated rings. The summed E-state index contributed by atoms with van der Waals surface area (Å²) in [7, 11) is 0. The van der Waals surface area contributed by atoms with Crippen molar-refractivity contribution in [1.29, 1.82) is 0 Å². The fraction of sp³-hybridized carbons (Fsp3) is 0.312. The summed E-state index contributed by atoms with van der Waals surface area (Å²) in [5.74, 6) is 1.92. The summed E-state index contributed by atoms with van der Waals surface area (Å²) in [6.07, 6.45) is 1.72. The van der Waals surface area contributed by atoms with Crippen molar-refractivity contribution < 1.29 is 4.74 Å². The fourth-order valence-corrected chi connectivity index (χ4v) is 1.83. The van der Waals surface area contributed by atoms with E-state index in [0.717, 1.165) is 16.9 Å². The highest BCUT2D eigenvalue weighted by Crippen LogP contribution is 2.28. The average Bonchev–Trinajstić information content (AvgIpc) is 2.41. The quantitative estimate of drug-likeness (QED) is 0.906. The molecule has 0 saturated carbocycles. The summed E-state index contributed by atoms with van der Waals surface area (Å²) in [4.78, 5) is 4.22. The standard InChI is InChI=1S/C16H20N2O/c1-11(2)14-5-4-12(3)15(9-14)19-16-8-13(10-17)6-7-18-16/h4-9,11H,10,17H2,1-3H3. The van der Waals surface area contributed by atoms with Crippen LogP contribution in [0.15, 0.2) is 36.5 Å². The molecule has 1 aromatic carbocycles. The van der Waals surface area contributed by atoms with Gasteiger partial charge in [-0.15, -0.1) is 0 Å². The van der Waals surface area contributed by atoms with E-state index < -0.39 is 0 Å². The summed E-state index contributed by atoms with van der Waals surface area (Å²) < 4.78 is 5.88. The monoisotopic (exact) mass is 256 g/mol. The molecule has 2 aromatic rings. The maximum Gasteiger partial charge on any atom is 0.219 e. The van der Waals surface area contributed by atoms with E-state index >= 15 is 0 Å². The molecule has 2 rings (SSSR count). The van der Waals surface area contributed by atoms with Crippen molar-refractivity contribution in [2.45, 2.75) is 33.2 Å². The lowest BCUT2D eigenvalue weighted by Gasteiger charge is -2.12. The lowest BCUT2D eigenvalue weighted by atomic mass is 10.0. The molecular formula is C16H20N2O. The van der Waals surface area contributed by atoms with Gasteiger partial charge in [-0.1, -0.05) is 26.0 Å². The summed E-state index contributed by atoms with van der Waals surface area (Å²) >= 11 is 0. The molecule has 1 aromatic heterocycles. The highest BCUT2D eigenvalue weighted by atomic mass is 16.5. The molecule has 3 heteroatoms. The molecule has 0 amide bonds. The molecule has 0 unspecified atom stereocenters. The van der Waals surface area contributed by atoms with Gasteiger partial charge in [0.25, 0.3) is 0 Å². The first kappa shape index (κ1) is 13.6. The molecule has 0 bridgehead atoms. The molecule has 0 atom stereocenters. The Morgan fingerprint density at radius 1 is 1.21 bits per heavy atom. The van der Waals surface area contributed by atoms with Crippen LogP contribution in [0.1, 0.15) is 36.5 Å². The number of benzene rings is 1. The smallest absolute Gasteiger partial charge is 0.219 e. The number of nitrogens with zero attached hydrogens (tertiary/aromatic N) is 1. The van der Waals surface area contributed by atoms with Gasteiger partial charge in [-0.3, -0.25) is 0 Å². The second kappa shape index (κ2) is 5.85. The lowest BCUT2D eigenvalue weighted by molar-refractivity contribution is 0.457. The van der Waals surface area contributed by atoms with Crippen molar-refractivity contribution in [2.24, 2.45) is 5.73 Å². The van der Waals surface area contributed by atoms with E-state index in [1.165, 1.54) is 5.56 Å². The first-order valence-corrected chi connectivity index (χ1v) is 6.53. The minimum absolute atomic E-state index is 0.478. The molecule has 100 valence electrons. The Balaban J connectivity index is 2.29. The number of hydrogen-bond donors (Lipinski definition) is 1.